The number of ether oxygens (including phenoxy) is 1. The van der Waals surface area contributed by atoms with Crippen molar-refractivity contribution in [3.63, 3.8) is 0 Å². The normalized spacial score (nSPS) is 53.0. The van der Waals surface area contributed by atoms with E-state index in [-0.39, 0.29) is 0 Å². The van der Waals surface area contributed by atoms with Gasteiger partial charge in [-0.25, -0.2) is 0 Å². The predicted octanol–water partition coefficient (Wildman–Crippen LogP) is 15.1. The third kappa shape index (κ3) is 7.85. The Morgan fingerprint density at radius 2 is 0.797 bits per heavy atom. The molecule has 0 N–H and O–H groups in total. The van der Waals surface area contributed by atoms with E-state index in [0.717, 1.165) is 111 Å². The molecule has 0 aromatic rings. The van der Waals surface area contributed by atoms with Crippen LogP contribution in [0.3, 0.4) is 0 Å². The maximum Gasteiger partial charge on any atom is 0.0652 e. The van der Waals surface area contributed by atoms with E-state index in [2.05, 4.69) is 16.7 Å². The zero-order chi connectivity index (χ0) is 38.9. The molecule has 332 valence electrons. The Bertz CT molecular complexity index is 1380. The molecule has 0 spiro atoms. The molecule has 16 atom stereocenters. The van der Waals surface area contributed by atoms with Gasteiger partial charge in [0.05, 0.1) is 12.2 Å². The lowest BCUT2D eigenvalue weighted by Gasteiger charge is -2.54. The summed E-state index contributed by atoms with van der Waals surface area (Å²) in [5, 5.41) is 1.92. The molecule has 12 aliphatic rings. The summed E-state index contributed by atoms with van der Waals surface area (Å²) in [6.07, 6.45) is 55.5. The van der Waals surface area contributed by atoms with E-state index >= 15 is 0 Å². The Morgan fingerprint density at radius 3 is 1.61 bits per heavy atom. The monoisotopic (exact) mass is 826 g/mol. The molecule has 0 amide bonds. The highest BCUT2D eigenvalue weighted by molar-refractivity contribution is 8.00. The molecule has 3 heteroatoms. The molecule has 2 heterocycles. The molecule has 2 aliphatic heterocycles. The van der Waals surface area contributed by atoms with Crippen LogP contribution in [0.25, 0.3) is 0 Å². The quantitative estimate of drug-likeness (QED) is 0.265. The van der Waals surface area contributed by atoms with Crippen molar-refractivity contribution in [3.8, 4) is 0 Å². The molecular formula is C56H91NOS. The van der Waals surface area contributed by atoms with Gasteiger partial charge >= 0.3 is 0 Å². The van der Waals surface area contributed by atoms with Gasteiger partial charge in [0.2, 0.25) is 0 Å². The van der Waals surface area contributed by atoms with Crippen LogP contribution >= 0.6 is 11.8 Å². The molecule has 2 saturated heterocycles. The summed E-state index contributed by atoms with van der Waals surface area (Å²) in [7, 11) is 0. The summed E-state index contributed by atoms with van der Waals surface area (Å²) in [6.45, 7) is 0. The van der Waals surface area contributed by atoms with Crippen molar-refractivity contribution in [1.29, 1.82) is 0 Å². The topological polar surface area (TPSA) is 12.5 Å². The molecule has 0 aromatic carbocycles. The van der Waals surface area contributed by atoms with Crippen LogP contribution in [0.2, 0.25) is 0 Å². The van der Waals surface area contributed by atoms with Gasteiger partial charge in [-0.05, 0) is 218 Å². The maximum atomic E-state index is 7.66. The third-order valence-electron chi connectivity index (χ3n) is 22.9. The van der Waals surface area contributed by atoms with Crippen molar-refractivity contribution in [1.82, 2.24) is 4.90 Å². The van der Waals surface area contributed by atoms with Crippen LogP contribution in [0.5, 0.6) is 0 Å². The summed E-state index contributed by atoms with van der Waals surface area (Å²) in [6, 6.07) is 2.71. The molecule has 10 aliphatic carbocycles. The van der Waals surface area contributed by atoms with Gasteiger partial charge in [0.15, 0.2) is 0 Å². The SMILES string of the molecule is C1CCC(C2CCC(N(C3CCC(C4CCCC5CCCCC54)CC3)C3CCC4CCC(C5CCCC6C7CCC8SC9CCCCC9C8C7OC56)CC4C3)CC2)CC1. The van der Waals surface area contributed by atoms with Crippen molar-refractivity contribution < 1.29 is 4.74 Å². The fourth-order valence-corrected chi connectivity index (χ4v) is 22.5. The first-order valence-electron chi connectivity index (χ1n) is 28.3. The van der Waals surface area contributed by atoms with Crippen molar-refractivity contribution in [2.75, 3.05) is 0 Å². The summed E-state index contributed by atoms with van der Waals surface area (Å²) in [4.78, 5) is 3.41. The number of hydrogen-bond donors (Lipinski definition) is 0. The van der Waals surface area contributed by atoms with Gasteiger partial charge in [-0.2, -0.15) is 11.8 Å². The fourth-order valence-electron chi connectivity index (χ4n) is 20.4. The second kappa shape index (κ2) is 17.9. The predicted molar refractivity (Wildman–Crippen MR) is 247 cm³/mol. The highest BCUT2D eigenvalue weighted by atomic mass is 32.2. The lowest BCUT2D eigenvalue weighted by molar-refractivity contribution is -0.0821. The van der Waals surface area contributed by atoms with E-state index in [1.807, 2.05) is 0 Å². The van der Waals surface area contributed by atoms with E-state index in [1.54, 1.807) is 148 Å². The minimum atomic E-state index is 0.630. The molecule has 10 saturated carbocycles. The standard InChI is InChI=1S/C56H91NOS/c1-2-10-36(11-3-1)37-22-27-43(28-23-37)57(44-29-25-40(26-30-44)47-16-8-13-39-12-4-5-14-46(39)47)45-31-24-38-20-21-41(34-42(38)35-45)48-17-9-18-49-50-32-33-53-54(56(50)58-55(48)49)51-15-6-7-19-52(51)59-53/h36-56H,1-35H2. The number of fused-ring (bicyclic) bond motifs is 9. The van der Waals surface area contributed by atoms with Crippen LogP contribution in [0.4, 0.5) is 0 Å². The second-order valence-corrected chi connectivity index (χ2v) is 26.6. The number of thioether (sulfide) groups is 1. The van der Waals surface area contributed by atoms with E-state index in [4.69, 9.17) is 4.74 Å². The molecule has 0 aromatic heterocycles. The fraction of sp³-hybridized carbons (Fsp3) is 1.00. The van der Waals surface area contributed by atoms with E-state index in [1.165, 1.54) is 77.0 Å². The van der Waals surface area contributed by atoms with Gasteiger partial charge in [-0.15, -0.1) is 0 Å². The van der Waals surface area contributed by atoms with Gasteiger partial charge in [0.25, 0.3) is 0 Å². The average molecular weight is 826 g/mol. The Morgan fingerprint density at radius 1 is 0.288 bits per heavy atom. The smallest absolute Gasteiger partial charge is 0.0652 e. The van der Waals surface area contributed by atoms with E-state index < -0.39 is 0 Å². The third-order valence-corrected chi connectivity index (χ3v) is 24.8. The van der Waals surface area contributed by atoms with Gasteiger partial charge in [-0.1, -0.05) is 83.5 Å². The van der Waals surface area contributed by atoms with Crippen molar-refractivity contribution in [2.45, 2.75) is 266 Å². The lowest BCUT2D eigenvalue weighted by Crippen LogP contribution is -2.54. The van der Waals surface area contributed by atoms with E-state index in [0.29, 0.717) is 12.2 Å². The van der Waals surface area contributed by atoms with Crippen molar-refractivity contribution >= 4 is 11.8 Å². The Hall–Kier alpha value is 0.270. The van der Waals surface area contributed by atoms with Crippen molar-refractivity contribution in [3.05, 3.63) is 0 Å². The zero-order valence-corrected chi connectivity index (χ0v) is 39.0. The lowest BCUT2D eigenvalue weighted by atomic mass is 9.59. The maximum absolute atomic E-state index is 7.66. The van der Waals surface area contributed by atoms with Crippen molar-refractivity contribution in [2.24, 2.45) is 82.9 Å². The molecule has 0 radical (unpaired) electrons. The first-order chi connectivity index (χ1) is 29.2. The van der Waals surface area contributed by atoms with Gasteiger partial charge in [-0.3, -0.25) is 4.90 Å². The Kier molecular flexibility index (Phi) is 12.4. The first-order valence-corrected chi connectivity index (χ1v) is 29.3. The minimum absolute atomic E-state index is 0.630. The molecule has 12 rings (SSSR count). The highest BCUT2D eigenvalue weighted by Crippen LogP contribution is 2.62. The summed E-state index contributed by atoms with van der Waals surface area (Å²) < 4.78 is 7.66. The summed E-state index contributed by atoms with van der Waals surface area (Å²) in [5.41, 5.74) is 0. The van der Waals surface area contributed by atoms with Gasteiger partial charge in [0, 0.05) is 34.5 Å². The zero-order valence-electron chi connectivity index (χ0n) is 38.1. The van der Waals surface area contributed by atoms with Gasteiger partial charge < -0.3 is 4.74 Å². The highest BCUT2D eigenvalue weighted by Gasteiger charge is 2.60. The molecule has 12 fully saturated rings. The van der Waals surface area contributed by atoms with Gasteiger partial charge in [0.1, 0.15) is 0 Å². The Labute approximate surface area is 368 Å². The average Bonchev–Trinajstić information content (AvgIpc) is 3.88. The van der Waals surface area contributed by atoms with E-state index in [9.17, 15) is 0 Å². The number of rotatable bonds is 6. The minimum Gasteiger partial charge on any atom is -0.374 e. The van der Waals surface area contributed by atoms with Crippen LogP contribution < -0.4 is 0 Å². The number of hydrogen-bond acceptors (Lipinski definition) is 3. The van der Waals surface area contributed by atoms with Crippen LogP contribution in [-0.4, -0.2) is 45.7 Å². The van der Waals surface area contributed by atoms with Crippen LogP contribution in [0.1, 0.15) is 225 Å². The molecule has 2 nitrogen and oxygen atoms in total. The Balaban J connectivity index is 0.733. The first kappa shape index (κ1) is 40.8. The molecular weight excluding hydrogens is 735 g/mol. The van der Waals surface area contributed by atoms with Crippen LogP contribution in [0.15, 0.2) is 0 Å². The number of nitrogens with zero attached hydrogens (tertiary/aromatic N) is 1. The molecule has 0 bridgehead atoms. The molecule has 59 heavy (non-hydrogen) atoms. The van der Waals surface area contributed by atoms with Crippen LogP contribution in [-0.2, 0) is 4.74 Å². The summed E-state index contributed by atoms with van der Waals surface area (Å²) in [5.74, 6) is 14.2. The largest absolute Gasteiger partial charge is 0.374 e. The van der Waals surface area contributed by atoms with Crippen LogP contribution in [0, 0.1) is 82.9 Å². The summed E-state index contributed by atoms with van der Waals surface area (Å²) >= 11 is 2.46. The molecule has 16 unspecified atom stereocenters. The second-order valence-electron chi connectivity index (χ2n) is 25.1.